The van der Waals surface area contributed by atoms with E-state index < -0.39 is 41.9 Å². The Hall–Kier alpha value is -2.94. The zero-order valence-electron chi connectivity index (χ0n) is 19.4. The molecule has 0 fully saturated rings. The molecule has 0 saturated carbocycles. The van der Waals surface area contributed by atoms with Gasteiger partial charge in [-0.15, -0.1) is 0 Å². The van der Waals surface area contributed by atoms with Crippen molar-refractivity contribution in [3.63, 3.8) is 0 Å². The predicted molar refractivity (Wildman–Crippen MR) is 116 cm³/mol. The largest absolute Gasteiger partial charge is 0.480 e. The third kappa shape index (κ3) is 7.96. The van der Waals surface area contributed by atoms with Crippen LogP contribution in [0.5, 0.6) is 11.5 Å². The molecular weight excluding hydrogens is 418 g/mol. The van der Waals surface area contributed by atoms with Crippen molar-refractivity contribution < 1.29 is 38.5 Å². The molecule has 0 amide bonds. The molecule has 178 valence electrons. The van der Waals surface area contributed by atoms with Gasteiger partial charge in [0.05, 0.1) is 0 Å². The fraction of sp³-hybridized carbons (Fsp3) is 0.565. The number of aliphatic carboxylic acids is 1. The molecule has 9 heteroatoms. The lowest BCUT2D eigenvalue weighted by Gasteiger charge is -2.32. The van der Waals surface area contributed by atoms with Gasteiger partial charge in [-0.1, -0.05) is 33.3 Å². The number of esters is 3. The molecule has 3 N–H and O–H groups in total. The van der Waals surface area contributed by atoms with Crippen LogP contribution in [0.4, 0.5) is 0 Å². The van der Waals surface area contributed by atoms with Crippen LogP contribution in [-0.4, -0.2) is 41.1 Å². The first-order chi connectivity index (χ1) is 14.9. The molecule has 0 bridgehead atoms. The molecule has 0 heterocycles. The van der Waals surface area contributed by atoms with Crippen LogP contribution in [0.3, 0.4) is 0 Å². The molecule has 1 aromatic rings. The molecule has 0 radical (unpaired) electrons. The smallest absolute Gasteiger partial charge is 0.321 e. The van der Waals surface area contributed by atoms with Crippen LogP contribution in [0, 0.1) is 11.8 Å². The number of carbonyl (C=O) groups excluding carboxylic acids is 3. The summed E-state index contributed by atoms with van der Waals surface area (Å²) in [7, 11) is 0. The van der Waals surface area contributed by atoms with Crippen molar-refractivity contribution in [1.29, 1.82) is 0 Å². The van der Waals surface area contributed by atoms with Crippen molar-refractivity contribution in [2.24, 2.45) is 17.6 Å². The lowest BCUT2D eigenvalue weighted by molar-refractivity contribution is -0.152. The fourth-order valence-electron chi connectivity index (χ4n) is 3.28. The Balaban J connectivity index is 3.30. The van der Waals surface area contributed by atoms with E-state index in [1.807, 2.05) is 13.8 Å². The number of ether oxygens (including phenoxy) is 3. The van der Waals surface area contributed by atoms with Crippen LogP contribution in [0.1, 0.15) is 65.9 Å². The van der Waals surface area contributed by atoms with E-state index in [0.29, 0.717) is 5.56 Å². The number of hydrogen-bond acceptors (Lipinski definition) is 8. The minimum absolute atomic E-state index is 0.0137. The molecule has 0 spiro atoms. The summed E-state index contributed by atoms with van der Waals surface area (Å²) >= 11 is 0. The van der Waals surface area contributed by atoms with Crippen LogP contribution in [0.15, 0.2) is 18.2 Å². The van der Waals surface area contributed by atoms with Gasteiger partial charge < -0.3 is 25.1 Å². The molecule has 0 saturated heterocycles. The average Bonchev–Trinajstić information content (AvgIpc) is 2.68. The van der Waals surface area contributed by atoms with Crippen molar-refractivity contribution in [2.45, 2.75) is 72.4 Å². The fourth-order valence-corrected chi connectivity index (χ4v) is 3.28. The Labute approximate surface area is 188 Å². The highest BCUT2D eigenvalue weighted by atomic mass is 16.6. The van der Waals surface area contributed by atoms with Crippen LogP contribution in [0.25, 0.3) is 0 Å². The van der Waals surface area contributed by atoms with E-state index in [1.54, 1.807) is 19.9 Å². The first-order valence-corrected chi connectivity index (χ1v) is 10.6. The van der Waals surface area contributed by atoms with Gasteiger partial charge in [0.15, 0.2) is 11.5 Å². The topological polar surface area (TPSA) is 142 Å². The Morgan fingerprint density at radius 3 is 2.06 bits per heavy atom. The van der Waals surface area contributed by atoms with Crippen LogP contribution in [0.2, 0.25) is 0 Å². The van der Waals surface area contributed by atoms with Gasteiger partial charge in [0, 0.05) is 32.1 Å². The lowest BCUT2D eigenvalue weighted by atomic mass is 9.79. The highest BCUT2D eigenvalue weighted by molar-refractivity contribution is 5.76. The number of nitrogens with two attached hydrogens (primary N) is 1. The number of carboxylic acids is 1. The minimum atomic E-state index is -1.33. The Kier molecular flexibility index (Phi) is 10.3. The second kappa shape index (κ2) is 12.2. The van der Waals surface area contributed by atoms with Crippen molar-refractivity contribution >= 4 is 23.9 Å². The minimum Gasteiger partial charge on any atom is -0.480 e. The average molecular weight is 452 g/mol. The van der Waals surface area contributed by atoms with Crippen molar-refractivity contribution in [1.82, 2.24) is 0 Å². The van der Waals surface area contributed by atoms with E-state index in [0.717, 1.165) is 6.42 Å². The molecule has 0 aliphatic carbocycles. The summed E-state index contributed by atoms with van der Waals surface area (Å²) in [5, 5.41) is 9.58. The summed E-state index contributed by atoms with van der Waals surface area (Å²) in [5.41, 5.74) is 6.44. The zero-order chi connectivity index (χ0) is 24.6. The van der Waals surface area contributed by atoms with E-state index in [-0.39, 0.29) is 29.8 Å². The summed E-state index contributed by atoms with van der Waals surface area (Å²) in [6, 6.07) is 3.04. The summed E-state index contributed by atoms with van der Waals surface area (Å²) in [5.74, 6) is -4.00. The van der Waals surface area contributed by atoms with Gasteiger partial charge in [-0.3, -0.25) is 19.2 Å². The van der Waals surface area contributed by atoms with Crippen molar-refractivity contribution in [2.75, 3.05) is 0 Å². The summed E-state index contributed by atoms with van der Waals surface area (Å²) in [4.78, 5) is 46.8. The highest BCUT2D eigenvalue weighted by Gasteiger charge is 2.35. The SMILES string of the molecule is CCC(C)CC(=O)OC(C)C(C)C(c1ccc(OC(C)=O)c(OC(C)=O)c1)[C@H](N)C(=O)O. The maximum absolute atomic E-state index is 12.2. The lowest BCUT2D eigenvalue weighted by Crippen LogP contribution is -2.42. The Morgan fingerprint density at radius 1 is 1.00 bits per heavy atom. The van der Waals surface area contributed by atoms with Crippen LogP contribution >= 0.6 is 0 Å². The summed E-state index contributed by atoms with van der Waals surface area (Å²) in [6.07, 6.45) is 0.461. The van der Waals surface area contributed by atoms with Crippen LogP contribution < -0.4 is 15.2 Å². The van der Waals surface area contributed by atoms with E-state index in [1.165, 1.54) is 26.0 Å². The number of carbonyl (C=O) groups is 4. The third-order valence-corrected chi connectivity index (χ3v) is 5.37. The first-order valence-electron chi connectivity index (χ1n) is 10.6. The van der Waals surface area contributed by atoms with Gasteiger partial charge >= 0.3 is 23.9 Å². The molecule has 0 aliphatic heterocycles. The zero-order valence-corrected chi connectivity index (χ0v) is 19.4. The van der Waals surface area contributed by atoms with Gasteiger partial charge in [0.1, 0.15) is 12.1 Å². The summed E-state index contributed by atoms with van der Waals surface area (Å²) < 4.78 is 15.8. The van der Waals surface area contributed by atoms with Crippen molar-refractivity contribution in [3.05, 3.63) is 23.8 Å². The van der Waals surface area contributed by atoms with E-state index in [9.17, 15) is 24.3 Å². The third-order valence-electron chi connectivity index (χ3n) is 5.37. The second-order valence-corrected chi connectivity index (χ2v) is 8.05. The van der Waals surface area contributed by atoms with Gasteiger partial charge in [-0.2, -0.15) is 0 Å². The molecule has 0 aromatic heterocycles. The maximum Gasteiger partial charge on any atom is 0.321 e. The number of rotatable bonds is 11. The molecule has 32 heavy (non-hydrogen) atoms. The van der Waals surface area contributed by atoms with E-state index >= 15 is 0 Å². The van der Waals surface area contributed by atoms with E-state index in [4.69, 9.17) is 19.9 Å². The second-order valence-electron chi connectivity index (χ2n) is 8.05. The van der Waals surface area contributed by atoms with Gasteiger partial charge in [-0.05, 0) is 30.5 Å². The monoisotopic (exact) mass is 451 g/mol. The van der Waals surface area contributed by atoms with Crippen LogP contribution in [-0.2, 0) is 23.9 Å². The Morgan fingerprint density at radius 2 is 1.56 bits per heavy atom. The normalized spacial score (nSPS) is 15.6. The first kappa shape index (κ1) is 27.1. The van der Waals surface area contributed by atoms with Gasteiger partial charge in [-0.25, -0.2) is 0 Å². The molecule has 9 nitrogen and oxygen atoms in total. The standard InChI is InChI=1S/C23H33NO8/c1-7-12(2)10-20(27)30-14(4)13(3)21(22(24)23(28)29)17-8-9-18(31-15(5)25)19(11-17)32-16(6)26/h8-9,11-14,21-22H,7,10,24H2,1-6H3,(H,28,29)/t12?,13?,14?,21?,22-/m0/s1. The maximum atomic E-state index is 12.2. The molecular formula is C23H33NO8. The molecule has 5 atom stereocenters. The molecule has 4 unspecified atom stereocenters. The molecule has 1 rings (SSSR count). The molecule has 0 aliphatic rings. The molecule has 1 aromatic carbocycles. The quantitative estimate of drug-likeness (QED) is 0.383. The predicted octanol–water partition coefficient (Wildman–Crippen LogP) is 3.04. The van der Waals surface area contributed by atoms with E-state index in [2.05, 4.69) is 0 Å². The number of benzene rings is 1. The summed E-state index contributed by atoms with van der Waals surface area (Å²) in [6.45, 7) is 9.73. The number of hydrogen-bond donors (Lipinski definition) is 2. The van der Waals surface area contributed by atoms with Crippen molar-refractivity contribution in [3.8, 4) is 11.5 Å². The number of carboxylic acid groups (broad SMARTS) is 1. The van der Waals surface area contributed by atoms with Gasteiger partial charge in [0.25, 0.3) is 0 Å². The Bertz CT molecular complexity index is 837. The highest BCUT2D eigenvalue weighted by Crippen LogP contribution is 2.37. The van der Waals surface area contributed by atoms with Gasteiger partial charge in [0.2, 0.25) is 0 Å².